The third kappa shape index (κ3) is 1.97. The van der Waals surface area contributed by atoms with E-state index in [9.17, 15) is 0 Å². The second-order valence-corrected chi connectivity index (χ2v) is 6.35. The Hall–Kier alpha value is -1.60. The Morgan fingerprint density at radius 1 is 1.30 bits per heavy atom. The molecule has 2 saturated heterocycles. The summed E-state index contributed by atoms with van der Waals surface area (Å²) in [4.78, 5) is 13.1. The van der Waals surface area contributed by atoms with Crippen molar-refractivity contribution in [1.82, 2.24) is 9.88 Å². The Balaban J connectivity index is 1.85. The predicted molar refractivity (Wildman–Crippen MR) is 81.3 cm³/mol. The Labute approximate surface area is 121 Å². The molecule has 2 fully saturated rings. The van der Waals surface area contributed by atoms with Gasteiger partial charge >= 0.3 is 0 Å². The van der Waals surface area contributed by atoms with Crippen LogP contribution in [0.1, 0.15) is 18.2 Å². The van der Waals surface area contributed by atoms with Gasteiger partial charge in [0.15, 0.2) is 0 Å². The fraction of sp³-hybridized carbons (Fsp3) is 0.625. The molecule has 0 spiro atoms. The summed E-state index contributed by atoms with van der Waals surface area (Å²) in [5.74, 6) is 2.57. The zero-order valence-electron chi connectivity index (χ0n) is 12.7. The number of hydrogen-bond acceptors (Lipinski definition) is 3. The molecule has 0 aromatic carbocycles. The molecule has 0 amide bonds. The second kappa shape index (κ2) is 4.75. The van der Waals surface area contributed by atoms with E-state index in [0.717, 1.165) is 42.0 Å². The number of aromatic nitrogens is 1. The molecule has 3 heterocycles. The number of aryl methyl sites for hydroxylation is 2. The van der Waals surface area contributed by atoms with E-state index in [1.807, 2.05) is 13.8 Å². The highest BCUT2D eigenvalue weighted by Crippen LogP contribution is 2.37. The van der Waals surface area contributed by atoms with E-state index < -0.39 is 0 Å². The van der Waals surface area contributed by atoms with Crippen LogP contribution in [0.2, 0.25) is 0 Å². The molecule has 0 aliphatic carbocycles. The smallest absolute Gasteiger partial charge is 0.211 e. The lowest BCUT2D eigenvalue weighted by Gasteiger charge is -2.24. The van der Waals surface area contributed by atoms with Gasteiger partial charge in [0, 0.05) is 31.4 Å². The molecule has 2 aliphatic rings. The second-order valence-electron chi connectivity index (χ2n) is 6.35. The van der Waals surface area contributed by atoms with Crippen molar-refractivity contribution in [2.24, 2.45) is 11.8 Å². The van der Waals surface area contributed by atoms with Crippen molar-refractivity contribution in [1.29, 1.82) is 0 Å². The maximum absolute atomic E-state index is 7.22. The van der Waals surface area contributed by atoms with Gasteiger partial charge in [-0.25, -0.2) is 9.83 Å². The zero-order valence-corrected chi connectivity index (χ0v) is 12.7. The van der Waals surface area contributed by atoms with Crippen molar-refractivity contribution in [3.63, 3.8) is 0 Å². The molecule has 0 bridgehead atoms. The molecule has 0 saturated carbocycles. The maximum Gasteiger partial charge on any atom is 0.211 e. The lowest BCUT2D eigenvalue weighted by atomic mass is 9.95. The molecule has 3 rings (SSSR count). The first kappa shape index (κ1) is 13.4. The van der Waals surface area contributed by atoms with Crippen molar-refractivity contribution >= 4 is 11.5 Å². The van der Waals surface area contributed by atoms with Crippen LogP contribution in [0.25, 0.3) is 4.85 Å². The van der Waals surface area contributed by atoms with Crippen LogP contribution in [0.3, 0.4) is 0 Å². The van der Waals surface area contributed by atoms with E-state index >= 15 is 0 Å². The standard InChI is InChI=1S/C16H22N4/c1-10-6-15(18-11(2)16(10)17-4)20-8-13-7-19(5)12(3)14(13)9-20/h6,12-14H,7-9H2,1-3,5H3/t12-,13-,14-/m0/s1. The van der Waals surface area contributed by atoms with Gasteiger partial charge < -0.3 is 9.80 Å². The summed E-state index contributed by atoms with van der Waals surface area (Å²) in [6.07, 6.45) is 0. The number of anilines is 1. The minimum atomic E-state index is 0.662. The SMILES string of the molecule is [C-]#[N+]c1c(C)cc(N2C[C@@H]3CN(C)[C@@H](C)[C@@H]3C2)nc1C. The molecule has 1 aromatic heterocycles. The van der Waals surface area contributed by atoms with Crippen LogP contribution in [-0.4, -0.2) is 42.6 Å². The fourth-order valence-electron chi connectivity index (χ4n) is 3.82. The maximum atomic E-state index is 7.22. The Kier molecular flexibility index (Phi) is 3.18. The minimum absolute atomic E-state index is 0.662. The van der Waals surface area contributed by atoms with Gasteiger partial charge in [0.05, 0.1) is 6.57 Å². The monoisotopic (exact) mass is 270 g/mol. The zero-order chi connectivity index (χ0) is 14.4. The highest BCUT2D eigenvalue weighted by Gasteiger charge is 2.43. The summed E-state index contributed by atoms with van der Waals surface area (Å²) in [5.41, 5.74) is 2.61. The molecule has 20 heavy (non-hydrogen) atoms. The molecule has 0 radical (unpaired) electrons. The molecule has 4 nitrogen and oxygen atoms in total. The van der Waals surface area contributed by atoms with Crippen LogP contribution >= 0.6 is 0 Å². The van der Waals surface area contributed by atoms with Crippen molar-refractivity contribution in [3.05, 3.63) is 28.7 Å². The first-order valence-electron chi connectivity index (χ1n) is 7.32. The topological polar surface area (TPSA) is 23.7 Å². The summed E-state index contributed by atoms with van der Waals surface area (Å²) >= 11 is 0. The summed E-state index contributed by atoms with van der Waals surface area (Å²) in [5, 5.41) is 0. The summed E-state index contributed by atoms with van der Waals surface area (Å²) in [6, 6.07) is 2.74. The number of fused-ring (bicyclic) bond motifs is 1. The third-order valence-corrected chi connectivity index (χ3v) is 5.11. The molecule has 3 atom stereocenters. The van der Waals surface area contributed by atoms with Crippen molar-refractivity contribution in [2.75, 3.05) is 31.6 Å². The van der Waals surface area contributed by atoms with E-state index in [-0.39, 0.29) is 0 Å². The van der Waals surface area contributed by atoms with Crippen LogP contribution in [0.4, 0.5) is 11.5 Å². The minimum Gasteiger partial charge on any atom is -0.356 e. The van der Waals surface area contributed by atoms with Gasteiger partial charge in [-0.15, -0.1) is 0 Å². The highest BCUT2D eigenvalue weighted by atomic mass is 15.3. The van der Waals surface area contributed by atoms with Gasteiger partial charge in [0.2, 0.25) is 5.69 Å². The number of hydrogen-bond donors (Lipinski definition) is 0. The Bertz CT molecular complexity index is 551. The van der Waals surface area contributed by atoms with Gasteiger partial charge in [0.1, 0.15) is 5.82 Å². The number of nitrogens with zero attached hydrogens (tertiary/aromatic N) is 4. The number of rotatable bonds is 1. The van der Waals surface area contributed by atoms with Crippen molar-refractivity contribution in [3.8, 4) is 0 Å². The molecule has 1 aromatic rings. The van der Waals surface area contributed by atoms with E-state index in [2.05, 4.69) is 39.7 Å². The quantitative estimate of drug-likeness (QED) is 0.733. The van der Waals surface area contributed by atoms with Gasteiger partial charge in [-0.05, 0) is 51.3 Å². The van der Waals surface area contributed by atoms with Crippen LogP contribution in [0.15, 0.2) is 6.07 Å². The van der Waals surface area contributed by atoms with Gasteiger partial charge in [0.25, 0.3) is 0 Å². The van der Waals surface area contributed by atoms with Crippen LogP contribution < -0.4 is 4.90 Å². The van der Waals surface area contributed by atoms with E-state index in [0.29, 0.717) is 11.7 Å². The van der Waals surface area contributed by atoms with E-state index in [1.165, 1.54) is 6.54 Å². The van der Waals surface area contributed by atoms with Crippen LogP contribution in [-0.2, 0) is 0 Å². The van der Waals surface area contributed by atoms with Crippen LogP contribution in [0.5, 0.6) is 0 Å². The van der Waals surface area contributed by atoms with Gasteiger partial charge in [-0.2, -0.15) is 0 Å². The highest BCUT2D eigenvalue weighted by molar-refractivity contribution is 5.60. The molecule has 4 heteroatoms. The van der Waals surface area contributed by atoms with E-state index in [4.69, 9.17) is 6.57 Å². The average Bonchev–Trinajstić information content (AvgIpc) is 2.90. The molecular formula is C16H22N4. The average molecular weight is 270 g/mol. The van der Waals surface area contributed by atoms with Gasteiger partial charge in [-0.1, -0.05) is 0 Å². The van der Waals surface area contributed by atoms with Crippen molar-refractivity contribution in [2.45, 2.75) is 26.8 Å². The van der Waals surface area contributed by atoms with Crippen LogP contribution in [0, 0.1) is 32.3 Å². The molecule has 0 N–H and O–H groups in total. The predicted octanol–water partition coefficient (Wildman–Crippen LogP) is 2.64. The molecule has 0 unspecified atom stereocenters. The fourth-order valence-corrected chi connectivity index (χ4v) is 3.82. The Morgan fingerprint density at radius 2 is 2.05 bits per heavy atom. The normalized spacial score (nSPS) is 29.6. The number of likely N-dealkylation sites (tertiary alicyclic amines) is 1. The third-order valence-electron chi connectivity index (χ3n) is 5.11. The largest absolute Gasteiger partial charge is 0.356 e. The lowest BCUT2D eigenvalue weighted by Crippen LogP contribution is -2.32. The van der Waals surface area contributed by atoms with E-state index in [1.54, 1.807) is 0 Å². The lowest BCUT2D eigenvalue weighted by molar-refractivity contribution is 0.294. The summed E-state index contributed by atoms with van der Waals surface area (Å²) < 4.78 is 0. The molecule has 2 aliphatic heterocycles. The molecule has 106 valence electrons. The first-order chi connectivity index (χ1) is 9.51. The molecular weight excluding hydrogens is 248 g/mol. The van der Waals surface area contributed by atoms with Crippen molar-refractivity contribution < 1.29 is 0 Å². The summed E-state index contributed by atoms with van der Waals surface area (Å²) in [7, 11) is 2.23. The Morgan fingerprint density at radius 3 is 2.65 bits per heavy atom. The summed E-state index contributed by atoms with van der Waals surface area (Å²) in [6.45, 7) is 16.9. The van der Waals surface area contributed by atoms with Gasteiger partial charge in [-0.3, -0.25) is 0 Å². The first-order valence-corrected chi connectivity index (χ1v) is 7.32. The number of pyridine rings is 1.